The van der Waals surface area contributed by atoms with Gasteiger partial charge in [0.2, 0.25) is 0 Å². The van der Waals surface area contributed by atoms with Crippen LogP contribution in [0.4, 0.5) is 10.5 Å². The highest BCUT2D eigenvalue weighted by Crippen LogP contribution is 2.30. The third-order valence-corrected chi connectivity index (χ3v) is 2.38. The van der Waals surface area contributed by atoms with E-state index < -0.39 is 12.1 Å². The van der Waals surface area contributed by atoms with Gasteiger partial charge in [0.05, 0.1) is 11.7 Å². The maximum Gasteiger partial charge on any atom is 0.412 e. The van der Waals surface area contributed by atoms with E-state index in [1.54, 1.807) is 12.1 Å². The Morgan fingerprint density at radius 1 is 1.50 bits per heavy atom. The number of carbonyl (C=O) groups excluding carboxylic acids is 1. The summed E-state index contributed by atoms with van der Waals surface area (Å²) in [5.41, 5.74) is 1.53. The summed E-state index contributed by atoms with van der Waals surface area (Å²) in [6.07, 6.45) is 0.0761. The molecule has 1 heterocycles. The van der Waals surface area contributed by atoms with Crippen LogP contribution in [0.25, 0.3) is 0 Å². The summed E-state index contributed by atoms with van der Waals surface area (Å²) < 4.78 is 0. The Labute approximate surface area is 80.8 Å². The molecule has 0 spiro atoms. The van der Waals surface area contributed by atoms with E-state index in [0.717, 1.165) is 10.5 Å². The number of para-hydroxylation sites is 1. The van der Waals surface area contributed by atoms with Gasteiger partial charge in [-0.3, -0.25) is 4.90 Å². The Balaban J connectivity index is 2.47. The molecule has 0 aliphatic carbocycles. The highest BCUT2D eigenvalue weighted by atomic mass is 16.4. The van der Waals surface area contributed by atoms with Crippen LogP contribution in [0.15, 0.2) is 24.3 Å². The normalized spacial score (nSPS) is 19.1. The summed E-state index contributed by atoms with van der Waals surface area (Å²) in [6, 6.07) is 6.60. The van der Waals surface area contributed by atoms with Crippen LogP contribution in [0.5, 0.6) is 0 Å². The number of aldehydes is 1. The fourth-order valence-electron chi connectivity index (χ4n) is 1.77. The lowest BCUT2D eigenvalue weighted by molar-refractivity contribution is -0.108. The van der Waals surface area contributed by atoms with E-state index in [1.807, 2.05) is 12.1 Å². The van der Waals surface area contributed by atoms with Crippen LogP contribution >= 0.6 is 0 Å². The number of fused-ring (bicyclic) bond motifs is 1. The molecule has 14 heavy (non-hydrogen) atoms. The lowest BCUT2D eigenvalue weighted by atomic mass is 10.1. The van der Waals surface area contributed by atoms with Crippen molar-refractivity contribution in [1.29, 1.82) is 0 Å². The minimum Gasteiger partial charge on any atom is -0.465 e. The second-order valence-electron chi connectivity index (χ2n) is 3.19. The molecule has 72 valence electrons. The quantitative estimate of drug-likeness (QED) is 0.680. The van der Waals surface area contributed by atoms with Gasteiger partial charge in [-0.1, -0.05) is 18.2 Å². The van der Waals surface area contributed by atoms with E-state index in [2.05, 4.69) is 0 Å². The fourth-order valence-corrected chi connectivity index (χ4v) is 1.77. The van der Waals surface area contributed by atoms with Crippen molar-refractivity contribution >= 4 is 18.1 Å². The number of amides is 1. The molecule has 4 heteroatoms. The number of hydrogen-bond donors (Lipinski definition) is 1. The molecule has 0 saturated heterocycles. The van der Waals surface area contributed by atoms with E-state index in [0.29, 0.717) is 18.4 Å². The molecule has 0 fully saturated rings. The maximum absolute atomic E-state index is 10.9. The van der Waals surface area contributed by atoms with Crippen LogP contribution in [-0.2, 0) is 11.2 Å². The molecule has 0 radical (unpaired) electrons. The lowest BCUT2D eigenvalue weighted by Crippen LogP contribution is -2.37. The van der Waals surface area contributed by atoms with Gasteiger partial charge in [-0.05, 0) is 11.6 Å². The summed E-state index contributed by atoms with van der Waals surface area (Å²) in [5, 5.41) is 8.93. The van der Waals surface area contributed by atoms with E-state index in [4.69, 9.17) is 5.11 Å². The predicted octanol–water partition coefficient (Wildman–Crippen LogP) is 1.29. The number of carbonyl (C=O) groups is 2. The zero-order chi connectivity index (χ0) is 10.1. The monoisotopic (exact) mass is 191 g/mol. The van der Waals surface area contributed by atoms with Gasteiger partial charge in [0.1, 0.15) is 6.29 Å². The molecule has 0 saturated carbocycles. The van der Waals surface area contributed by atoms with Gasteiger partial charge in [-0.15, -0.1) is 0 Å². The maximum atomic E-state index is 10.9. The molecule has 2 rings (SSSR count). The average molecular weight is 191 g/mol. The Morgan fingerprint density at radius 3 is 2.86 bits per heavy atom. The van der Waals surface area contributed by atoms with Gasteiger partial charge in [0.15, 0.2) is 0 Å². The number of anilines is 1. The van der Waals surface area contributed by atoms with Gasteiger partial charge >= 0.3 is 6.09 Å². The van der Waals surface area contributed by atoms with Crippen molar-refractivity contribution in [1.82, 2.24) is 0 Å². The number of rotatable bonds is 1. The molecular weight excluding hydrogens is 182 g/mol. The Bertz CT molecular complexity index is 389. The molecule has 0 unspecified atom stereocenters. The van der Waals surface area contributed by atoms with Crippen molar-refractivity contribution in [2.45, 2.75) is 12.5 Å². The largest absolute Gasteiger partial charge is 0.465 e. The predicted molar refractivity (Wildman–Crippen MR) is 50.5 cm³/mol. The summed E-state index contributed by atoms with van der Waals surface area (Å²) in [6.45, 7) is 0. The topological polar surface area (TPSA) is 57.6 Å². The molecule has 0 bridgehead atoms. The minimum atomic E-state index is -1.08. The smallest absolute Gasteiger partial charge is 0.412 e. The zero-order valence-corrected chi connectivity index (χ0v) is 7.38. The Kier molecular flexibility index (Phi) is 1.96. The van der Waals surface area contributed by atoms with Crippen molar-refractivity contribution in [3.63, 3.8) is 0 Å². The molecule has 1 aromatic carbocycles. The number of hydrogen-bond acceptors (Lipinski definition) is 2. The van der Waals surface area contributed by atoms with E-state index >= 15 is 0 Å². The average Bonchev–Trinajstić information content (AvgIpc) is 2.55. The molecule has 4 nitrogen and oxygen atoms in total. The van der Waals surface area contributed by atoms with Crippen molar-refractivity contribution < 1.29 is 14.7 Å². The zero-order valence-electron chi connectivity index (χ0n) is 7.38. The first kappa shape index (κ1) is 8.74. The molecule has 1 atom stereocenters. The molecule has 1 amide bonds. The van der Waals surface area contributed by atoms with Crippen molar-refractivity contribution in [3.05, 3.63) is 29.8 Å². The number of nitrogens with zero attached hydrogens (tertiary/aromatic N) is 1. The summed E-state index contributed by atoms with van der Waals surface area (Å²) >= 11 is 0. The first-order valence-corrected chi connectivity index (χ1v) is 4.29. The van der Waals surface area contributed by atoms with Gasteiger partial charge in [0.25, 0.3) is 0 Å². The van der Waals surface area contributed by atoms with Crippen molar-refractivity contribution in [2.75, 3.05) is 4.90 Å². The second-order valence-corrected chi connectivity index (χ2v) is 3.19. The molecule has 1 aliphatic heterocycles. The molecule has 1 N–H and O–H groups in total. The van der Waals surface area contributed by atoms with Crippen molar-refractivity contribution in [2.24, 2.45) is 0 Å². The first-order valence-electron chi connectivity index (χ1n) is 4.29. The van der Waals surface area contributed by atoms with Crippen LogP contribution in [0.1, 0.15) is 5.56 Å². The lowest BCUT2D eigenvalue weighted by Gasteiger charge is -2.17. The van der Waals surface area contributed by atoms with Gasteiger partial charge in [-0.2, -0.15) is 0 Å². The Morgan fingerprint density at radius 2 is 2.21 bits per heavy atom. The van der Waals surface area contributed by atoms with Gasteiger partial charge in [0, 0.05) is 6.42 Å². The van der Waals surface area contributed by atoms with Crippen LogP contribution < -0.4 is 4.90 Å². The molecular formula is C10H9NO3. The van der Waals surface area contributed by atoms with Crippen LogP contribution in [0, 0.1) is 0 Å². The first-order chi connectivity index (χ1) is 6.74. The third-order valence-electron chi connectivity index (χ3n) is 2.38. The third kappa shape index (κ3) is 1.16. The number of carboxylic acid groups (broad SMARTS) is 1. The fraction of sp³-hybridized carbons (Fsp3) is 0.200. The summed E-state index contributed by atoms with van der Waals surface area (Å²) in [7, 11) is 0. The van der Waals surface area contributed by atoms with Gasteiger partial charge < -0.3 is 9.90 Å². The number of benzene rings is 1. The standard InChI is InChI=1S/C10H9NO3/c12-6-8-5-7-3-1-2-4-9(7)11(8)10(13)14/h1-4,6,8H,5H2,(H,13,14)/t8-/m0/s1. The Hall–Kier alpha value is -1.84. The van der Waals surface area contributed by atoms with E-state index in [-0.39, 0.29) is 0 Å². The van der Waals surface area contributed by atoms with Crippen LogP contribution in [0.3, 0.4) is 0 Å². The highest BCUT2D eigenvalue weighted by Gasteiger charge is 2.32. The summed E-state index contributed by atoms with van der Waals surface area (Å²) in [5.74, 6) is 0. The highest BCUT2D eigenvalue weighted by molar-refractivity contribution is 5.94. The molecule has 0 aromatic heterocycles. The van der Waals surface area contributed by atoms with Crippen molar-refractivity contribution in [3.8, 4) is 0 Å². The molecule has 1 aromatic rings. The SMILES string of the molecule is O=C[C@@H]1Cc2ccccc2N1C(=O)O. The van der Waals surface area contributed by atoms with Gasteiger partial charge in [-0.25, -0.2) is 4.79 Å². The second kappa shape index (κ2) is 3.14. The van der Waals surface area contributed by atoms with Crippen LogP contribution in [-0.4, -0.2) is 23.5 Å². The van der Waals surface area contributed by atoms with E-state index in [1.165, 1.54) is 0 Å². The van der Waals surface area contributed by atoms with E-state index in [9.17, 15) is 9.59 Å². The summed E-state index contributed by atoms with van der Waals surface area (Å²) in [4.78, 5) is 22.7. The van der Waals surface area contributed by atoms with Crippen LogP contribution in [0.2, 0.25) is 0 Å². The minimum absolute atomic E-state index is 0.478. The molecule has 1 aliphatic rings.